The molecule has 2 nitrogen and oxygen atoms in total. The van der Waals surface area contributed by atoms with E-state index in [2.05, 4.69) is 0 Å². The molecule has 0 bridgehead atoms. The molecule has 0 radical (unpaired) electrons. The Kier molecular flexibility index (Phi) is 1.40. The maximum absolute atomic E-state index is 10.5. The van der Waals surface area contributed by atoms with E-state index in [1.165, 1.54) is 25.7 Å². The third kappa shape index (κ3) is 1.31. The van der Waals surface area contributed by atoms with E-state index >= 15 is 0 Å². The first-order chi connectivity index (χ1) is 4.90. The van der Waals surface area contributed by atoms with E-state index in [0.29, 0.717) is 6.04 Å². The first-order valence-corrected chi connectivity index (χ1v) is 4.11. The average molecular weight is 139 g/mol. The predicted octanol–water partition coefficient (Wildman–Crippen LogP) is 1.02. The van der Waals surface area contributed by atoms with Crippen LogP contribution in [-0.4, -0.2) is 23.9 Å². The number of nitrogens with zero attached hydrogens (tertiary/aromatic N) is 1. The minimum Gasteiger partial charge on any atom is -0.342 e. The lowest BCUT2D eigenvalue weighted by molar-refractivity contribution is -0.118. The van der Waals surface area contributed by atoms with Gasteiger partial charge in [0.15, 0.2) is 0 Å². The minimum atomic E-state index is 0.623. The van der Waals surface area contributed by atoms with Crippen molar-refractivity contribution in [3.63, 3.8) is 0 Å². The highest BCUT2D eigenvalue weighted by atomic mass is 16.1. The second kappa shape index (κ2) is 2.26. The fourth-order valence-electron chi connectivity index (χ4n) is 1.28. The summed E-state index contributed by atoms with van der Waals surface area (Å²) >= 11 is 0. The van der Waals surface area contributed by atoms with Crippen molar-refractivity contribution in [3.05, 3.63) is 0 Å². The molecule has 2 rings (SSSR count). The van der Waals surface area contributed by atoms with E-state index in [0.717, 1.165) is 18.9 Å². The Hall–Kier alpha value is -0.530. The standard InChI is InChI=1S/C8H13NO/c10-6-9(8-3-4-8)5-7-1-2-7/h6-8H,1-5H2. The van der Waals surface area contributed by atoms with E-state index in [4.69, 9.17) is 0 Å². The molecule has 2 heteroatoms. The molecule has 2 aliphatic rings. The van der Waals surface area contributed by atoms with Crippen molar-refractivity contribution in [1.82, 2.24) is 4.90 Å². The summed E-state index contributed by atoms with van der Waals surface area (Å²) in [6.45, 7) is 1.04. The molecule has 10 heavy (non-hydrogen) atoms. The summed E-state index contributed by atoms with van der Waals surface area (Å²) < 4.78 is 0. The van der Waals surface area contributed by atoms with Gasteiger partial charge in [-0.25, -0.2) is 0 Å². The van der Waals surface area contributed by atoms with Crippen LogP contribution in [0.5, 0.6) is 0 Å². The van der Waals surface area contributed by atoms with Gasteiger partial charge in [-0.05, 0) is 31.6 Å². The van der Waals surface area contributed by atoms with Gasteiger partial charge in [0.2, 0.25) is 6.41 Å². The van der Waals surface area contributed by atoms with Gasteiger partial charge in [-0.2, -0.15) is 0 Å². The summed E-state index contributed by atoms with van der Waals surface area (Å²) in [4.78, 5) is 12.5. The Morgan fingerprint density at radius 1 is 1.30 bits per heavy atom. The first kappa shape index (κ1) is 6.20. The Morgan fingerprint density at radius 3 is 2.40 bits per heavy atom. The summed E-state index contributed by atoms with van der Waals surface area (Å²) in [7, 11) is 0. The van der Waals surface area contributed by atoms with Crippen molar-refractivity contribution in [2.75, 3.05) is 6.54 Å². The van der Waals surface area contributed by atoms with E-state index in [-0.39, 0.29) is 0 Å². The lowest BCUT2D eigenvalue weighted by Crippen LogP contribution is -2.26. The maximum atomic E-state index is 10.5. The van der Waals surface area contributed by atoms with Crippen LogP contribution in [0.1, 0.15) is 25.7 Å². The molecule has 0 aromatic heterocycles. The summed E-state index contributed by atoms with van der Waals surface area (Å²) in [5, 5.41) is 0. The highest BCUT2D eigenvalue weighted by Gasteiger charge is 2.32. The molecule has 2 saturated carbocycles. The smallest absolute Gasteiger partial charge is 0.209 e. The van der Waals surface area contributed by atoms with E-state index < -0.39 is 0 Å². The fourth-order valence-corrected chi connectivity index (χ4v) is 1.28. The van der Waals surface area contributed by atoms with Crippen molar-refractivity contribution in [2.45, 2.75) is 31.7 Å². The van der Waals surface area contributed by atoms with Gasteiger partial charge in [0.25, 0.3) is 0 Å². The van der Waals surface area contributed by atoms with Crippen LogP contribution in [0.4, 0.5) is 0 Å². The van der Waals surface area contributed by atoms with Gasteiger partial charge in [0, 0.05) is 12.6 Å². The van der Waals surface area contributed by atoms with Gasteiger partial charge in [-0.3, -0.25) is 4.79 Å². The second-order valence-corrected chi connectivity index (χ2v) is 3.48. The molecule has 2 fully saturated rings. The molecule has 2 aliphatic carbocycles. The van der Waals surface area contributed by atoms with Crippen LogP contribution < -0.4 is 0 Å². The van der Waals surface area contributed by atoms with Gasteiger partial charge < -0.3 is 4.90 Å². The molecule has 0 N–H and O–H groups in total. The van der Waals surface area contributed by atoms with Crippen molar-refractivity contribution in [2.24, 2.45) is 5.92 Å². The van der Waals surface area contributed by atoms with Crippen LogP contribution in [0.15, 0.2) is 0 Å². The quantitative estimate of drug-likeness (QED) is 0.532. The number of carbonyl (C=O) groups is 1. The lowest BCUT2D eigenvalue weighted by atomic mass is 10.4. The van der Waals surface area contributed by atoms with Crippen LogP contribution in [-0.2, 0) is 4.79 Å². The van der Waals surface area contributed by atoms with Gasteiger partial charge in [-0.1, -0.05) is 0 Å². The Balaban J connectivity index is 1.78. The molecule has 0 spiro atoms. The van der Waals surface area contributed by atoms with E-state index in [1.807, 2.05) is 4.90 Å². The zero-order chi connectivity index (χ0) is 6.97. The van der Waals surface area contributed by atoms with Crippen molar-refractivity contribution in [3.8, 4) is 0 Å². The average Bonchev–Trinajstić information content (AvgIpc) is 2.76. The first-order valence-electron chi connectivity index (χ1n) is 4.11. The topological polar surface area (TPSA) is 20.3 Å². The van der Waals surface area contributed by atoms with Gasteiger partial charge in [0.1, 0.15) is 0 Å². The largest absolute Gasteiger partial charge is 0.342 e. The molecule has 0 aliphatic heterocycles. The third-order valence-corrected chi connectivity index (χ3v) is 2.32. The Labute approximate surface area is 61.2 Å². The number of amides is 1. The Morgan fingerprint density at radius 2 is 2.00 bits per heavy atom. The molecular weight excluding hydrogens is 126 g/mol. The molecule has 0 aromatic carbocycles. The van der Waals surface area contributed by atoms with Crippen LogP contribution in [0.3, 0.4) is 0 Å². The summed E-state index contributed by atoms with van der Waals surface area (Å²) in [5.74, 6) is 0.853. The highest BCUT2D eigenvalue weighted by molar-refractivity contribution is 5.48. The fraction of sp³-hybridized carbons (Fsp3) is 0.875. The molecular formula is C8H13NO. The van der Waals surface area contributed by atoms with Gasteiger partial charge >= 0.3 is 0 Å². The summed E-state index contributed by atoms with van der Waals surface area (Å²) in [6.07, 6.45) is 6.20. The van der Waals surface area contributed by atoms with Gasteiger partial charge in [0.05, 0.1) is 0 Å². The van der Waals surface area contributed by atoms with Crippen molar-refractivity contribution in [1.29, 1.82) is 0 Å². The predicted molar refractivity (Wildman–Crippen MR) is 38.5 cm³/mol. The zero-order valence-corrected chi connectivity index (χ0v) is 6.12. The zero-order valence-electron chi connectivity index (χ0n) is 6.12. The van der Waals surface area contributed by atoms with Crippen LogP contribution in [0.2, 0.25) is 0 Å². The molecule has 0 aromatic rings. The van der Waals surface area contributed by atoms with Crippen LogP contribution >= 0.6 is 0 Å². The number of carbonyl (C=O) groups excluding carboxylic acids is 1. The summed E-state index contributed by atoms with van der Waals surface area (Å²) in [5.41, 5.74) is 0. The molecule has 0 saturated heterocycles. The second-order valence-electron chi connectivity index (χ2n) is 3.48. The molecule has 56 valence electrons. The molecule has 0 atom stereocenters. The SMILES string of the molecule is O=CN(CC1CC1)C1CC1. The molecule has 0 heterocycles. The van der Waals surface area contributed by atoms with E-state index in [9.17, 15) is 4.79 Å². The number of hydrogen-bond acceptors (Lipinski definition) is 1. The monoisotopic (exact) mass is 139 g/mol. The van der Waals surface area contributed by atoms with E-state index in [1.54, 1.807) is 0 Å². The number of rotatable bonds is 4. The summed E-state index contributed by atoms with van der Waals surface area (Å²) in [6, 6.07) is 0.623. The van der Waals surface area contributed by atoms with Crippen molar-refractivity contribution < 1.29 is 4.79 Å². The number of hydrogen-bond donors (Lipinski definition) is 0. The third-order valence-electron chi connectivity index (χ3n) is 2.32. The minimum absolute atomic E-state index is 0.623. The lowest BCUT2D eigenvalue weighted by Gasteiger charge is -2.14. The Bertz CT molecular complexity index is 138. The van der Waals surface area contributed by atoms with Gasteiger partial charge in [-0.15, -0.1) is 0 Å². The molecule has 0 unspecified atom stereocenters. The molecule has 1 amide bonds. The van der Waals surface area contributed by atoms with Crippen LogP contribution in [0, 0.1) is 5.92 Å². The van der Waals surface area contributed by atoms with Crippen molar-refractivity contribution >= 4 is 6.41 Å². The van der Waals surface area contributed by atoms with Crippen LogP contribution in [0.25, 0.3) is 0 Å². The normalized spacial score (nSPS) is 24.4. The highest BCUT2D eigenvalue weighted by Crippen LogP contribution is 2.33. The maximum Gasteiger partial charge on any atom is 0.209 e.